The maximum absolute atomic E-state index is 12.1. The maximum atomic E-state index is 12.1. The largest absolute Gasteiger partial charge is 0.491 e. The molecule has 0 aliphatic carbocycles. The van der Waals surface area contributed by atoms with Crippen molar-refractivity contribution in [2.24, 2.45) is 5.92 Å². The smallest absolute Gasteiger partial charge is 0.251 e. The molecule has 1 atom stereocenters. The molecule has 1 aliphatic heterocycles. The van der Waals surface area contributed by atoms with Crippen molar-refractivity contribution in [3.05, 3.63) is 29.8 Å². The first-order valence-electron chi connectivity index (χ1n) is 7.41. The summed E-state index contributed by atoms with van der Waals surface area (Å²) in [4.78, 5) is 12.1. The fourth-order valence-electron chi connectivity index (χ4n) is 2.44. The normalized spacial score (nSPS) is 18.2. The van der Waals surface area contributed by atoms with Gasteiger partial charge in [-0.3, -0.25) is 4.79 Å². The fraction of sp³-hybridized carbons (Fsp3) is 0.562. The quantitative estimate of drug-likeness (QED) is 0.837. The van der Waals surface area contributed by atoms with E-state index in [-0.39, 0.29) is 12.0 Å². The highest BCUT2D eigenvalue weighted by Gasteiger charge is 2.14. The van der Waals surface area contributed by atoms with E-state index in [1.54, 1.807) is 6.07 Å². The molecule has 1 aromatic carbocycles. The van der Waals surface area contributed by atoms with Crippen molar-refractivity contribution in [2.45, 2.75) is 32.8 Å². The van der Waals surface area contributed by atoms with Gasteiger partial charge in [-0.25, -0.2) is 0 Å². The van der Waals surface area contributed by atoms with Crippen LogP contribution in [0.5, 0.6) is 5.75 Å². The molecule has 1 fully saturated rings. The van der Waals surface area contributed by atoms with E-state index >= 15 is 0 Å². The monoisotopic (exact) mass is 276 g/mol. The van der Waals surface area contributed by atoms with Crippen LogP contribution in [0.2, 0.25) is 0 Å². The zero-order valence-corrected chi connectivity index (χ0v) is 12.3. The van der Waals surface area contributed by atoms with Crippen LogP contribution in [0.25, 0.3) is 0 Å². The second-order valence-electron chi connectivity index (χ2n) is 5.60. The van der Waals surface area contributed by atoms with Crippen LogP contribution in [-0.2, 0) is 0 Å². The second kappa shape index (κ2) is 7.29. The summed E-state index contributed by atoms with van der Waals surface area (Å²) in [5.74, 6) is 1.42. The molecule has 1 unspecified atom stereocenters. The van der Waals surface area contributed by atoms with Crippen LogP contribution in [-0.4, -0.2) is 31.6 Å². The Morgan fingerprint density at radius 3 is 3.05 bits per heavy atom. The van der Waals surface area contributed by atoms with Crippen molar-refractivity contribution in [1.29, 1.82) is 0 Å². The summed E-state index contributed by atoms with van der Waals surface area (Å²) >= 11 is 0. The number of benzene rings is 1. The number of amides is 1. The van der Waals surface area contributed by atoms with E-state index in [1.807, 2.05) is 32.0 Å². The van der Waals surface area contributed by atoms with Gasteiger partial charge in [0.25, 0.3) is 5.91 Å². The van der Waals surface area contributed by atoms with Gasteiger partial charge in [0.2, 0.25) is 0 Å². The first-order chi connectivity index (χ1) is 9.65. The Hall–Kier alpha value is -1.55. The molecule has 0 aromatic heterocycles. The van der Waals surface area contributed by atoms with E-state index in [0.717, 1.165) is 31.8 Å². The number of rotatable bonds is 6. The SMILES string of the molecule is CC(C)Oc1cccc(C(=O)NCCC2CCNC2)c1. The van der Waals surface area contributed by atoms with E-state index < -0.39 is 0 Å². The van der Waals surface area contributed by atoms with Crippen LogP contribution in [0.15, 0.2) is 24.3 Å². The molecule has 1 saturated heterocycles. The number of ether oxygens (including phenoxy) is 1. The van der Waals surface area contributed by atoms with Crippen molar-refractivity contribution < 1.29 is 9.53 Å². The summed E-state index contributed by atoms with van der Waals surface area (Å²) in [5, 5.41) is 6.32. The number of hydrogen-bond donors (Lipinski definition) is 2. The minimum atomic E-state index is -0.0230. The summed E-state index contributed by atoms with van der Waals surface area (Å²) in [5.41, 5.74) is 0.660. The number of nitrogens with one attached hydrogen (secondary N) is 2. The third-order valence-corrected chi connectivity index (χ3v) is 3.47. The summed E-state index contributed by atoms with van der Waals surface area (Å²) in [6, 6.07) is 7.35. The Bertz CT molecular complexity index is 440. The average molecular weight is 276 g/mol. The lowest BCUT2D eigenvalue weighted by Crippen LogP contribution is -2.26. The Labute approximate surface area is 120 Å². The molecular weight excluding hydrogens is 252 g/mol. The van der Waals surface area contributed by atoms with Crippen LogP contribution >= 0.6 is 0 Å². The van der Waals surface area contributed by atoms with Gasteiger partial charge in [-0.1, -0.05) is 6.07 Å². The highest BCUT2D eigenvalue weighted by Crippen LogP contribution is 2.15. The van der Waals surface area contributed by atoms with Crippen molar-refractivity contribution >= 4 is 5.91 Å². The van der Waals surface area contributed by atoms with E-state index in [2.05, 4.69) is 10.6 Å². The lowest BCUT2D eigenvalue weighted by Gasteiger charge is -2.12. The maximum Gasteiger partial charge on any atom is 0.251 e. The van der Waals surface area contributed by atoms with E-state index in [4.69, 9.17) is 4.74 Å². The Balaban J connectivity index is 1.81. The van der Waals surface area contributed by atoms with Crippen LogP contribution < -0.4 is 15.4 Å². The molecule has 1 aromatic rings. The molecule has 1 amide bonds. The van der Waals surface area contributed by atoms with E-state index in [1.165, 1.54) is 6.42 Å². The third kappa shape index (κ3) is 4.53. The molecule has 0 spiro atoms. The van der Waals surface area contributed by atoms with Gasteiger partial charge in [0, 0.05) is 12.1 Å². The minimum absolute atomic E-state index is 0.0230. The molecule has 2 N–H and O–H groups in total. The van der Waals surface area contributed by atoms with Crippen LogP contribution in [0, 0.1) is 5.92 Å². The Morgan fingerprint density at radius 1 is 1.50 bits per heavy atom. The highest BCUT2D eigenvalue weighted by atomic mass is 16.5. The van der Waals surface area contributed by atoms with Gasteiger partial charge < -0.3 is 15.4 Å². The van der Waals surface area contributed by atoms with Gasteiger partial charge >= 0.3 is 0 Å². The van der Waals surface area contributed by atoms with Crippen LogP contribution in [0.1, 0.15) is 37.0 Å². The predicted molar refractivity (Wildman–Crippen MR) is 80.1 cm³/mol. The third-order valence-electron chi connectivity index (χ3n) is 3.47. The topological polar surface area (TPSA) is 50.4 Å². The molecule has 1 heterocycles. The van der Waals surface area contributed by atoms with Gasteiger partial charge in [0.05, 0.1) is 6.10 Å². The number of hydrogen-bond acceptors (Lipinski definition) is 3. The number of carbonyl (C=O) groups excluding carboxylic acids is 1. The van der Waals surface area contributed by atoms with Gasteiger partial charge in [-0.05, 0) is 63.9 Å². The summed E-state index contributed by atoms with van der Waals surface area (Å²) in [6.07, 6.45) is 2.37. The van der Waals surface area contributed by atoms with Gasteiger partial charge in [0.1, 0.15) is 5.75 Å². The first-order valence-corrected chi connectivity index (χ1v) is 7.41. The molecule has 2 rings (SSSR count). The van der Waals surface area contributed by atoms with Crippen molar-refractivity contribution in [1.82, 2.24) is 10.6 Å². The van der Waals surface area contributed by atoms with E-state index in [0.29, 0.717) is 11.5 Å². The fourth-order valence-corrected chi connectivity index (χ4v) is 2.44. The Kier molecular flexibility index (Phi) is 5.41. The molecule has 0 bridgehead atoms. The molecule has 0 radical (unpaired) electrons. The zero-order chi connectivity index (χ0) is 14.4. The van der Waals surface area contributed by atoms with Crippen LogP contribution in [0.4, 0.5) is 0 Å². The molecule has 0 saturated carbocycles. The standard InChI is InChI=1S/C16H24N2O2/c1-12(2)20-15-5-3-4-14(10-15)16(19)18-9-7-13-6-8-17-11-13/h3-5,10,12-13,17H,6-9,11H2,1-2H3,(H,18,19). The van der Waals surface area contributed by atoms with Crippen molar-refractivity contribution in [2.75, 3.05) is 19.6 Å². The molecule has 4 nitrogen and oxygen atoms in total. The van der Waals surface area contributed by atoms with Gasteiger partial charge in [-0.15, -0.1) is 0 Å². The predicted octanol–water partition coefficient (Wildman–Crippen LogP) is 2.20. The average Bonchev–Trinajstić information content (AvgIpc) is 2.91. The zero-order valence-electron chi connectivity index (χ0n) is 12.3. The second-order valence-corrected chi connectivity index (χ2v) is 5.60. The minimum Gasteiger partial charge on any atom is -0.491 e. The summed E-state index contributed by atoms with van der Waals surface area (Å²) in [6.45, 7) is 6.87. The molecule has 1 aliphatic rings. The van der Waals surface area contributed by atoms with Crippen LogP contribution in [0.3, 0.4) is 0 Å². The molecular formula is C16H24N2O2. The molecule has 110 valence electrons. The van der Waals surface area contributed by atoms with Crippen molar-refractivity contribution in [3.63, 3.8) is 0 Å². The first kappa shape index (κ1) is 14.9. The molecule has 4 heteroatoms. The lowest BCUT2D eigenvalue weighted by molar-refractivity contribution is 0.0951. The van der Waals surface area contributed by atoms with Crippen molar-refractivity contribution in [3.8, 4) is 5.75 Å². The Morgan fingerprint density at radius 2 is 2.35 bits per heavy atom. The van der Waals surface area contributed by atoms with Gasteiger partial charge in [0.15, 0.2) is 0 Å². The lowest BCUT2D eigenvalue weighted by atomic mass is 10.1. The highest BCUT2D eigenvalue weighted by molar-refractivity contribution is 5.94. The summed E-state index contributed by atoms with van der Waals surface area (Å²) in [7, 11) is 0. The molecule has 20 heavy (non-hydrogen) atoms. The van der Waals surface area contributed by atoms with Gasteiger partial charge in [-0.2, -0.15) is 0 Å². The summed E-state index contributed by atoms with van der Waals surface area (Å²) < 4.78 is 5.60. The number of carbonyl (C=O) groups is 1. The van der Waals surface area contributed by atoms with E-state index in [9.17, 15) is 4.79 Å².